The average molecular weight is 538 g/mol. The first-order valence-electron chi connectivity index (χ1n) is 12.5. The number of ether oxygens (including phenoxy) is 1. The molecule has 0 radical (unpaired) electrons. The molecule has 0 saturated carbocycles. The van der Waals surface area contributed by atoms with Gasteiger partial charge < -0.3 is 15.0 Å². The van der Waals surface area contributed by atoms with E-state index in [0.29, 0.717) is 23.6 Å². The van der Waals surface area contributed by atoms with Crippen molar-refractivity contribution < 1.29 is 22.7 Å². The zero-order chi connectivity index (χ0) is 27.7. The minimum Gasteiger partial charge on any atom is -0.457 e. The Morgan fingerprint density at radius 1 is 0.868 bits per heavy atom. The highest BCUT2D eigenvalue weighted by atomic mass is 32.2. The van der Waals surface area contributed by atoms with Crippen molar-refractivity contribution in [3.63, 3.8) is 0 Å². The van der Waals surface area contributed by atoms with Crippen molar-refractivity contribution >= 4 is 27.5 Å². The maximum atomic E-state index is 13.7. The van der Waals surface area contributed by atoms with E-state index in [9.17, 15) is 18.0 Å². The number of nitrogens with zero attached hydrogens (tertiary/aromatic N) is 2. The summed E-state index contributed by atoms with van der Waals surface area (Å²) in [6.45, 7) is 5.26. The molecule has 9 heteroatoms. The number of amides is 2. The summed E-state index contributed by atoms with van der Waals surface area (Å²) in [5.74, 6) is 0.425. The quantitative estimate of drug-likeness (QED) is 0.365. The van der Waals surface area contributed by atoms with Crippen LogP contribution in [0.5, 0.6) is 11.5 Å². The van der Waals surface area contributed by atoms with Gasteiger partial charge in [-0.15, -0.1) is 0 Å². The van der Waals surface area contributed by atoms with Crippen molar-refractivity contribution in [1.29, 1.82) is 0 Å². The van der Waals surface area contributed by atoms with E-state index in [0.717, 1.165) is 16.1 Å². The predicted molar refractivity (Wildman–Crippen MR) is 149 cm³/mol. The molecule has 0 aliphatic rings. The lowest BCUT2D eigenvalue weighted by atomic mass is 10.1. The van der Waals surface area contributed by atoms with Crippen LogP contribution in [0.3, 0.4) is 0 Å². The Bertz CT molecular complexity index is 1300. The van der Waals surface area contributed by atoms with Crippen LogP contribution in [0.25, 0.3) is 0 Å². The van der Waals surface area contributed by atoms with Gasteiger partial charge in [0, 0.05) is 12.6 Å². The van der Waals surface area contributed by atoms with Gasteiger partial charge in [0.25, 0.3) is 0 Å². The third kappa shape index (κ3) is 8.08. The van der Waals surface area contributed by atoms with Gasteiger partial charge in [0.1, 0.15) is 24.1 Å². The fourth-order valence-corrected chi connectivity index (χ4v) is 4.85. The first-order chi connectivity index (χ1) is 18.1. The van der Waals surface area contributed by atoms with Crippen molar-refractivity contribution in [2.24, 2.45) is 0 Å². The van der Waals surface area contributed by atoms with E-state index < -0.39 is 28.5 Å². The number of hydrogen-bond donors (Lipinski definition) is 1. The van der Waals surface area contributed by atoms with Gasteiger partial charge in [-0.05, 0) is 62.2 Å². The molecule has 0 aliphatic heterocycles. The summed E-state index contributed by atoms with van der Waals surface area (Å²) < 4.78 is 32.4. The van der Waals surface area contributed by atoms with Gasteiger partial charge in [-0.2, -0.15) is 0 Å². The van der Waals surface area contributed by atoms with E-state index in [1.807, 2.05) is 81.4 Å². The van der Waals surface area contributed by atoms with Crippen LogP contribution in [0.1, 0.15) is 32.8 Å². The van der Waals surface area contributed by atoms with E-state index in [-0.39, 0.29) is 18.5 Å². The van der Waals surface area contributed by atoms with Crippen LogP contribution in [0.4, 0.5) is 5.69 Å². The first kappa shape index (κ1) is 28.7. The lowest BCUT2D eigenvalue weighted by molar-refractivity contribution is -0.140. The SMILES string of the molecule is CC[C@H](C(=O)NC(C)C)N(Cc1ccccc1)C(=O)CN(c1ccc(Oc2ccccc2)cc1)S(C)(=O)=O. The van der Waals surface area contributed by atoms with Crippen LogP contribution >= 0.6 is 0 Å². The molecule has 0 heterocycles. The second-order valence-electron chi connectivity index (χ2n) is 9.27. The van der Waals surface area contributed by atoms with Gasteiger partial charge in [0.05, 0.1) is 11.9 Å². The normalized spacial score (nSPS) is 12.0. The lowest BCUT2D eigenvalue weighted by Crippen LogP contribution is -2.53. The zero-order valence-corrected chi connectivity index (χ0v) is 23.0. The average Bonchev–Trinajstić information content (AvgIpc) is 2.88. The highest BCUT2D eigenvalue weighted by Gasteiger charge is 2.32. The fraction of sp³-hybridized carbons (Fsp3) is 0.310. The van der Waals surface area contributed by atoms with Gasteiger partial charge in [-0.3, -0.25) is 13.9 Å². The summed E-state index contributed by atoms with van der Waals surface area (Å²) in [4.78, 5) is 28.2. The molecular formula is C29H35N3O5S. The van der Waals surface area contributed by atoms with Gasteiger partial charge in [0.15, 0.2) is 0 Å². The molecule has 3 aromatic carbocycles. The molecule has 0 unspecified atom stereocenters. The molecule has 0 aliphatic carbocycles. The largest absolute Gasteiger partial charge is 0.457 e. The second kappa shape index (κ2) is 13.1. The number of anilines is 1. The highest BCUT2D eigenvalue weighted by molar-refractivity contribution is 7.92. The van der Waals surface area contributed by atoms with Gasteiger partial charge in [-0.1, -0.05) is 55.5 Å². The Balaban J connectivity index is 1.88. The summed E-state index contributed by atoms with van der Waals surface area (Å²) in [5.41, 5.74) is 1.16. The topological polar surface area (TPSA) is 96.0 Å². The number of nitrogens with one attached hydrogen (secondary N) is 1. The number of para-hydroxylation sites is 1. The molecule has 0 saturated heterocycles. The minimum absolute atomic E-state index is 0.102. The van der Waals surface area contributed by atoms with Crippen molar-refractivity contribution in [3.8, 4) is 11.5 Å². The number of carbonyl (C=O) groups excluding carboxylic acids is 2. The number of rotatable bonds is 12. The molecule has 3 rings (SSSR count). The summed E-state index contributed by atoms with van der Waals surface area (Å²) in [6, 6.07) is 24.2. The maximum Gasteiger partial charge on any atom is 0.244 e. The van der Waals surface area contributed by atoms with E-state index in [1.165, 1.54) is 4.90 Å². The lowest BCUT2D eigenvalue weighted by Gasteiger charge is -2.33. The fourth-order valence-electron chi connectivity index (χ4n) is 4.00. The molecule has 2 amide bonds. The highest BCUT2D eigenvalue weighted by Crippen LogP contribution is 2.26. The molecule has 0 spiro atoms. The van der Waals surface area contributed by atoms with Crippen molar-refractivity contribution in [1.82, 2.24) is 10.2 Å². The molecule has 1 N–H and O–H groups in total. The number of sulfonamides is 1. The zero-order valence-electron chi connectivity index (χ0n) is 22.2. The van der Waals surface area contributed by atoms with Crippen LogP contribution < -0.4 is 14.4 Å². The Morgan fingerprint density at radius 3 is 1.95 bits per heavy atom. The molecule has 0 aromatic heterocycles. The third-order valence-corrected chi connectivity index (χ3v) is 6.94. The predicted octanol–water partition coefficient (Wildman–Crippen LogP) is 4.58. The number of benzene rings is 3. The van der Waals surface area contributed by atoms with Gasteiger partial charge in [0.2, 0.25) is 21.8 Å². The van der Waals surface area contributed by atoms with Crippen LogP contribution in [-0.2, 0) is 26.2 Å². The van der Waals surface area contributed by atoms with Crippen LogP contribution in [-0.4, -0.2) is 50.0 Å². The third-order valence-electron chi connectivity index (χ3n) is 5.80. The standard InChI is InChI=1S/C29H35N3O5S/c1-5-27(29(34)30-22(2)3)31(20-23-12-8-6-9-13-23)28(33)21-32(38(4,35)36)24-16-18-26(19-17-24)37-25-14-10-7-11-15-25/h6-19,22,27H,5,20-21H2,1-4H3,(H,30,34)/t27-/m1/s1. The minimum atomic E-state index is -3.82. The van der Waals surface area contributed by atoms with E-state index in [4.69, 9.17) is 4.74 Å². The molecule has 0 fully saturated rings. The van der Waals surface area contributed by atoms with E-state index >= 15 is 0 Å². The number of hydrogen-bond acceptors (Lipinski definition) is 5. The molecular weight excluding hydrogens is 502 g/mol. The maximum absolute atomic E-state index is 13.7. The van der Waals surface area contributed by atoms with Crippen molar-refractivity contribution in [3.05, 3.63) is 90.5 Å². The van der Waals surface area contributed by atoms with Gasteiger partial charge in [-0.25, -0.2) is 8.42 Å². The van der Waals surface area contributed by atoms with Crippen molar-refractivity contribution in [2.45, 2.75) is 45.8 Å². The van der Waals surface area contributed by atoms with Crippen LogP contribution in [0.15, 0.2) is 84.9 Å². The Morgan fingerprint density at radius 2 is 1.42 bits per heavy atom. The monoisotopic (exact) mass is 537 g/mol. The Labute approximate surface area is 225 Å². The molecule has 38 heavy (non-hydrogen) atoms. The van der Waals surface area contributed by atoms with Gasteiger partial charge >= 0.3 is 0 Å². The van der Waals surface area contributed by atoms with Crippen LogP contribution in [0.2, 0.25) is 0 Å². The van der Waals surface area contributed by atoms with E-state index in [2.05, 4.69) is 5.32 Å². The van der Waals surface area contributed by atoms with Crippen LogP contribution in [0, 0.1) is 0 Å². The second-order valence-corrected chi connectivity index (χ2v) is 11.2. The summed E-state index contributed by atoms with van der Waals surface area (Å²) in [7, 11) is -3.82. The molecule has 202 valence electrons. The molecule has 1 atom stereocenters. The molecule has 0 bridgehead atoms. The van der Waals surface area contributed by atoms with E-state index in [1.54, 1.807) is 24.3 Å². The Hall–Kier alpha value is -3.85. The smallest absolute Gasteiger partial charge is 0.244 e. The van der Waals surface area contributed by atoms with Crippen molar-refractivity contribution in [2.75, 3.05) is 17.1 Å². The summed E-state index contributed by atoms with van der Waals surface area (Å²) in [5, 5.41) is 2.88. The first-order valence-corrected chi connectivity index (χ1v) is 14.4. The number of carbonyl (C=O) groups is 2. The molecule has 3 aromatic rings. The summed E-state index contributed by atoms with van der Waals surface area (Å²) >= 11 is 0. The molecule has 8 nitrogen and oxygen atoms in total. The summed E-state index contributed by atoms with van der Waals surface area (Å²) in [6.07, 6.45) is 1.43. The Kier molecular flexibility index (Phi) is 9.90.